The molecule has 108 valence electrons. The largest absolute Gasteiger partial charge is 0.494 e. The zero-order valence-electron chi connectivity index (χ0n) is 11.8. The molecule has 19 heavy (non-hydrogen) atoms. The molecule has 1 aromatic carbocycles. The molecule has 0 aliphatic rings. The molecule has 1 rings (SSSR count). The predicted octanol–water partition coefficient (Wildman–Crippen LogP) is 1.84. The van der Waals surface area contributed by atoms with Crippen LogP contribution in [-0.4, -0.2) is 31.4 Å². The first-order chi connectivity index (χ1) is 9.31. The molecule has 1 aromatic rings. The maximum absolute atomic E-state index is 8.76. The van der Waals surface area contributed by atoms with Gasteiger partial charge in [0, 0.05) is 19.2 Å². The van der Waals surface area contributed by atoms with E-state index < -0.39 is 0 Å². The van der Waals surface area contributed by atoms with Gasteiger partial charge in [0.05, 0.1) is 6.61 Å². The van der Waals surface area contributed by atoms with Gasteiger partial charge in [0.15, 0.2) is 0 Å². The van der Waals surface area contributed by atoms with E-state index in [1.54, 1.807) is 0 Å². The molecule has 1 unspecified atom stereocenters. The lowest BCUT2D eigenvalue weighted by molar-refractivity contribution is 0.282. The fourth-order valence-corrected chi connectivity index (χ4v) is 1.89. The predicted molar refractivity (Wildman–Crippen MR) is 78.3 cm³/mol. The highest BCUT2D eigenvalue weighted by molar-refractivity contribution is 5.30. The highest BCUT2D eigenvalue weighted by Gasteiger charge is 2.09. The Balaban J connectivity index is 2.54. The van der Waals surface area contributed by atoms with Crippen LogP contribution >= 0.6 is 0 Å². The molecule has 0 bridgehead atoms. The Kier molecular flexibility index (Phi) is 8.21. The molecule has 0 saturated heterocycles. The number of rotatable bonds is 10. The highest BCUT2D eigenvalue weighted by atomic mass is 16.5. The van der Waals surface area contributed by atoms with Crippen LogP contribution in [0.3, 0.4) is 0 Å². The van der Waals surface area contributed by atoms with Gasteiger partial charge in [0.2, 0.25) is 0 Å². The van der Waals surface area contributed by atoms with Crippen LogP contribution in [0.5, 0.6) is 5.75 Å². The summed E-state index contributed by atoms with van der Waals surface area (Å²) in [5.74, 6) is 0.898. The maximum atomic E-state index is 8.76. The second-order valence-electron chi connectivity index (χ2n) is 4.59. The molecule has 0 aliphatic heterocycles. The molecule has 0 aliphatic carbocycles. The average molecular weight is 266 g/mol. The van der Waals surface area contributed by atoms with Gasteiger partial charge in [-0.3, -0.25) is 0 Å². The van der Waals surface area contributed by atoms with E-state index in [1.165, 1.54) is 0 Å². The van der Waals surface area contributed by atoms with Gasteiger partial charge in [0.25, 0.3) is 0 Å². The van der Waals surface area contributed by atoms with E-state index in [0.29, 0.717) is 6.54 Å². The summed E-state index contributed by atoms with van der Waals surface area (Å²) in [7, 11) is 0. The van der Waals surface area contributed by atoms with Crippen molar-refractivity contribution in [3.05, 3.63) is 29.8 Å². The Morgan fingerprint density at radius 2 is 2.21 bits per heavy atom. The minimum atomic E-state index is 0.142. The van der Waals surface area contributed by atoms with Crippen molar-refractivity contribution in [2.45, 2.75) is 32.2 Å². The van der Waals surface area contributed by atoms with E-state index in [1.807, 2.05) is 18.2 Å². The molecule has 1 atom stereocenters. The molecule has 4 heteroatoms. The number of hydrogen-bond acceptors (Lipinski definition) is 4. The summed E-state index contributed by atoms with van der Waals surface area (Å²) in [5, 5.41) is 12.2. The fourth-order valence-electron chi connectivity index (χ4n) is 1.89. The third-order valence-electron chi connectivity index (χ3n) is 2.94. The summed E-state index contributed by atoms with van der Waals surface area (Å²) < 4.78 is 5.63. The van der Waals surface area contributed by atoms with Crippen LogP contribution in [-0.2, 0) is 0 Å². The molecule has 0 radical (unpaired) electrons. The van der Waals surface area contributed by atoms with E-state index in [-0.39, 0.29) is 12.6 Å². The lowest BCUT2D eigenvalue weighted by Crippen LogP contribution is -2.29. The standard InChI is InChI=1S/C15H26N2O2/c1-2-10-19-14-7-5-6-13(11-14)15(12-16)17-8-3-4-9-18/h5-7,11,15,17-18H,2-4,8-10,12,16H2,1H3. The van der Waals surface area contributed by atoms with Crippen molar-refractivity contribution in [2.24, 2.45) is 5.73 Å². The molecule has 0 heterocycles. The van der Waals surface area contributed by atoms with E-state index in [9.17, 15) is 0 Å². The van der Waals surface area contributed by atoms with Gasteiger partial charge in [-0.25, -0.2) is 0 Å². The van der Waals surface area contributed by atoms with E-state index >= 15 is 0 Å². The third-order valence-corrected chi connectivity index (χ3v) is 2.94. The summed E-state index contributed by atoms with van der Waals surface area (Å²) in [6, 6.07) is 8.22. The molecule has 0 spiro atoms. The fraction of sp³-hybridized carbons (Fsp3) is 0.600. The molecule has 0 fully saturated rings. The first-order valence-electron chi connectivity index (χ1n) is 7.08. The Hall–Kier alpha value is -1.10. The lowest BCUT2D eigenvalue weighted by atomic mass is 10.1. The van der Waals surface area contributed by atoms with Crippen molar-refractivity contribution < 1.29 is 9.84 Å². The highest BCUT2D eigenvalue weighted by Crippen LogP contribution is 2.19. The van der Waals surface area contributed by atoms with Crippen molar-refractivity contribution in [1.82, 2.24) is 5.32 Å². The number of ether oxygens (including phenoxy) is 1. The number of nitrogens with two attached hydrogens (primary N) is 1. The number of nitrogens with one attached hydrogen (secondary N) is 1. The summed E-state index contributed by atoms with van der Waals surface area (Å²) in [6.07, 6.45) is 2.78. The van der Waals surface area contributed by atoms with Crippen molar-refractivity contribution >= 4 is 0 Å². The van der Waals surface area contributed by atoms with E-state index in [0.717, 1.165) is 43.7 Å². The Morgan fingerprint density at radius 3 is 2.89 bits per heavy atom. The van der Waals surface area contributed by atoms with Gasteiger partial charge >= 0.3 is 0 Å². The van der Waals surface area contributed by atoms with Crippen LogP contribution in [0.25, 0.3) is 0 Å². The van der Waals surface area contributed by atoms with E-state index in [2.05, 4.69) is 18.3 Å². The SMILES string of the molecule is CCCOc1cccc(C(CN)NCCCCO)c1. The van der Waals surface area contributed by atoms with Gasteiger partial charge < -0.3 is 20.9 Å². The van der Waals surface area contributed by atoms with Crippen LogP contribution in [0.2, 0.25) is 0 Å². The number of benzene rings is 1. The number of hydrogen-bond donors (Lipinski definition) is 3. The van der Waals surface area contributed by atoms with Crippen LogP contribution in [0.15, 0.2) is 24.3 Å². The van der Waals surface area contributed by atoms with Gasteiger partial charge in [-0.15, -0.1) is 0 Å². The van der Waals surface area contributed by atoms with Gasteiger partial charge in [0.1, 0.15) is 5.75 Å². The minimum absolute atomic E-state index is 0.142. The third kappa shape index (κ3) is 6.05. The first kappa shape index (κ1) is 16.0. The van der Waals surface area contributed by atoms with Gasteiger partial charge in [-0.05, 0) is 43.5 Å². The molecular weight excluding hydrogens is 240 g/mol. The van der Waals surface area contributed by atoms with Crippen LogP contribution in [0.4, 0.5) is 0 Å². The molecule has 0 aromatic heterocycles. The van der Waals surface area contributed by atoms with Gasteiger partial charge in [-0.2, -0.15) is 0 Å². The van der Waals surface area contributed by atoms with Crippen molar-refractivity contribution in [3.8, 4) is 5.75 Å². The first-order valence-corrected chi connectivity index (χ1v) is 7.08. The molecule has 0 amide bonds. The minimum Gasteiger partial charge on any atom is -0.494 e. The Morgan fingerprint density at radius 1 is 1.37 bits per heavy atom. The summed E-state index contributed by atoms with van der Waals surface area (Å²) in [6.45, 7) is 4.49. The molecule has 4 N–H and O–H groups in total. The topological polar surface area (TPSA) is 67.5 Å². The second kappa shape index (κ2) is 9.78. The second-order valence-corrected chi connectivity index (χ2v) is 4.59. The van der Waals surface area contributed by atoms with Crippen molar-refractivity contribution in [3.63, 3.8) is 0 Å². The summed E-state index contributed by atoms with van der Waals surface area (Å²) in [5.41, 5.74) is 6.97. The molecule has 0 saturated carbocycles. The van der Waals surface area contributed by atoms with Gasteiger partial charge in [-0.1, -0.05) is 19.1 Å². The van der Waals surface area contributed by atoms with E-state index in [4.69, 9.17) is 15.6 Å². The quantitative estimate of drug-likeness (QED) is 0.565. The smallest absolute Gasteiger partial charge is 0.119 e. The number of aliphatic hydroxyl groups is 1. The number of aliphatic hydroxyl groups excluding tert-OH is 1. The van der Waals surface area contributed by atoms with Crippen LogP contribution in [0, 0.1) is 0 Å². The monoisotopic (exact) mass is 266 g/mol. The van der Waals surface area contributed by atoms with Crippen molar-refractivity contribution in [1.29, 1.82) is 0 Å². The average Bonchev–Trinajstić information content (AvgIpc) is 2.45. The van der Waals surface area contributed by atoms with Crippen molar-refractivity contribution in [2.75, 3.05) is 26.3 Å². The lowest BCUT2D eigenvalue weighted by Gasteiger charge is -2.18. The molecular formula is C15H26N2O2. The van der Waals surface area contributed by atoms with Crippen LogP contribution < -0.4 is 15.8 Å². The summed E-state index contributed by atoms with van der Waals surface area (Å²) in [4.78, 5) is 0. The zero-order chi connectivity index (χ0) is 13.9. The summed E-state index contributed by atoms with van der Waals surface area (Å²) >= 11 is 0. The Bertz CT molecular complexity index is 345. The normalized spacial score (nSPS) is 12.4. The number of unbranched alkanes of at least 4 members (excludes halogenated alkanes) is 1. The maximum Gasteiger partial charge on any atom is 0.119 e. The Labute approximate surface area is 116 Å². The zero-order valence-corrected chi connectivity index (χ0v) is 11.8. The molecule has 4 nitrogen and oxygen atoms in total. The van der Waals surface area contributed by atoms with Crippen LogP contribution in [0.1, 0.15) is 37.8 Å².